The van der Waals surface area contributed by atoms with Gasteiger partial charge in [-0.1, -0.05) is 24.3 Å². The molecule has 2 aromatic carbocycles. The zero-order valence-corrected chi connectivity index (χ0v) is 20.8. The molecule has 3 atom stereocenters. The average Bonchev–Trinajstić information content (AvgIpc) is 3.42. The maximum atomic E-state index is 6.23. The number of hydrogen-bond acceptors (Lipinski definition) is 7. The monoisotopic (exact) mass is 488 g/mol. The van der Waals surface area contributed by atoms with Gasteiger partial charge in [0.05, 0.1) is 32.5 Å². The summed E-state index contributed by atoms with van der Waals surface area (Å²) in [5.74, 6) is 2.80. The Bertz CT molecular complexity index is 1110. The molecule has 190 valence electrons. The number of fused-ring (bicyclic) bond motifs is 8. The van der Waals surface area contributed by atoms with Crippen LogP contribution in [0.2, 0.25) is 0 Å². The number of aliphatic imine (C=N–C) groups is 1. The quantitative estimate of drug-likeness (QED) is 0.662. The summed E-state index contributed by atoms with van der Waals surface area (Å²) >= 11 is 0. The van der Waals surface area contributed by atoms with Crippen LogP contribution in [0, 0.1) is 11.8 Å². The molecule has 3 unspecified atom stereocenters. The number of guanidine groups is 1. The summed E-state index contributed by atoms with van der Waals surface area (Å²) in [5.41, 5.74) is 4.42. The van der Waals surface area contributed by atoms with Crippen molar-refractivity contribution in [1.82, 2.24) is 10.2 Å². The van der Waals surface area contributed by atoms with Crippen molar-refractivity contribution in [2.24, 2.45) is 16.8 Å². The smallest absolute Gasteiger partial charge is 0.201 e. The molecule has 1 aliphatic carbocycles. The van der Waals surface area contributed by atoms with Gasteiger partial charge < -0.3 is 24.8 Å². The topological polar surface area (TPSA) is 67.4 Å². The number of anilines is 1. The maximum Gasteiger partial charge on any atom is 0.201 e. The molecule has 3 heterocycles. The van der Waals surface area contributed by atoms with Crippen LogP contribution in [0.3, 0.4) is 0 Å². The van der Waals surface area contributed by atoms with E-state index in [0.717, 1.165) is 42.7 Å². The fourth-order valence-corrected chi connectivity index (χ4v) is 5.28. The lowest BCUT2D eigenvalue weighted by atomic mass is 10.0. The molecule has 6 bridgehead atoms. The number of nitrogens with zero attached hydrogens (tertiary/aromatic N) is 2. The van der Waals surface area contributed by atoms with Gasteiger partial charge in [-0.3, -0.25) is 4.90 Å². The van der Waals surface area contributed by atoms with Crippen LogP contribution in [-0.2, 0) is 22.7 Å². The first-order chi connectivity index (χ1) is 17.8. The summed E-state index contributed by atoms with van der Waals surface area (Å²) in [5, 5.41) is 6.96. The van der Waals surface area contributed by atoms with Gasteiger partial charge in [-0.25, -0.2) is 4.99 Å². The molecule has 1 saturated carbocycles. The van der Waals surface area contributed by atoms with E-state index in [0.29, 0.717) is 31.7 Å². The number of nitrogens with one attached hydrogen (secondary N) is 2. The number of ether oxygens (including phenoxy) is 3. The predicted octanol–water partition coefficient (Wildman–Crippen LogP) is 4.47. The first-order valence-corrected chi connectivity index (χ1v) is 13.3. The van der Waals surface area contributed by atoms with E-state index in [1.807, 2.05) is 6.20 Å². The van der Waals surface area contributed by atoms with Crippen LogP contribution in [0.15, 0.2) is 59.7 Å². The first-order valence-electron chi connectivity index (χ1n) is 13.3. The number of benzene rings is 2. The third-order valence-electron chi connectivity index (χ3n) is 7.53. The van der Waals surface area contributed by atoms with Crippen molar-refractivity contribution < 1.29 is 14.2 Å². The van der Waals surface area contributed by atoms with Crippen LogP contribution in [0.1, 0.15) is 42.0 Å². The number of rotatable bonds is 4. The molecule has 7 heteroatoms. The molecular weight excluding hydrogens is 452 g/mol. The Morgan fingerprint density at radius 2 is 1.86 bits per heavy atom. The van der Waals surface area contributed by atoms with Crippen molar-refractivity contribution in [2.75, 3.05) is 44.8 Å². The van der Waals surface area contributed by atoms with E-state index >= 15 is 0 Å². The Balaban J connectivity index is 1.19. The van der Waals surface area contributed by atoms with Crippen LogP contribution in [0.5, 0.6) is 5.75 Å². The first kappa shape index (κ1) is 23.5. The Morgan fingerprint density at radius 3 is 2.75 bits per heavy atom. The van der Waals surface area contributed by atoms with Crippen molar-refractivity contribution in [3.8, 4) is 5.75 Å². The molecular formula is C29H36N4O3. The summed E-state index contributed by atoms with van der Waals surface area (Å²) in [6.45, 7) is 6.76. The van der Waals surface area contributed by atoms with Crippen LogP contribution >= 0.6 is 0 Å². The van der Waals surface area contributed by atoms with Crippen molar-refractivity contribution in [3.05, 3.63) is 71.4 Å². The van der Waals surface area contributed by atoms with Crippen molar-refractivity contribution in [2.45, 2.75) is 38.5 Å². The fourth-order valence-electron chi connectivity index (χ4n) is 5.28. The predicted molar refractivity (Wildman–Crippen MR) is 141 cm³/mol. The van der Waals surface area contributed by atoms with Gasteiger partial charge in [-0.2, -0.15) is 0 Å². The van der Waals surface area contributed by atoms with Gasteiger partial charge in [0.25, 0.3) is 0 Å². The van der Waals surface area contributed by atoms with Gasteiger partial charge in [0.2, 0.25) is 5.96 Å². The molecule has 3 aliphatic heterocycles. The summed E-state index contributed by atoms with van der Waals surface area (Å²) in [4.78, 5) is 7.00. The highest BCUT2D eigenvalue weighted by molar-refractivity contribution is 5.95. The molecule has 7 nitrogen and oxygen atoms in total. The molecule has 1 saturated heterocycles. The van der Waals surface area contributed by atoms with E-state index in [-0.39, 0.29) is 6.04 Å². The zero-order valence-electron chi connectivity index (χ0n) is 20.8. The molecule has 2 N–H and O–H groups in total. The Kier molecular flexibility index (Phi) is 7.21. The largest absolute Gasteiger partial charge is 0.492 e. The second kappa shape index (κ2) is 11.0. The molecule has 0 amide bonds. The summed E-state index contributed by atoms with van der Waals surface area (Å²) in [6.07, 6.45) is 7.71. The lowest BCUT2D eigenvalue weighted by Gasteiger charge is -2.23. The third kappa shape index (κ3) is 5.91. The number of likely N-dealkylation sites (tertiary alicyclic amines) is 1. The van der Waals surface area contributed by atoms with Crippen LogP contribution in [-0.4, -0.2) is 50.3 Å². The van der Waals surface area contributed by atoms with E-state index in [4.69, 9.17) is 14.2 Å². The van der Waals surface area contributed by atoms with Gasteiger partial charge in [0.15, 0.2) is 0 Å². The summed E-state index contributed by atoms with van der Waals surface area (Å²) in [7, 11) is 0. The van der Waals surface area contributed by atoms with Gasteiger partial charge in [0.1, 0.15) is 12.4 Å². The Labute approximate surface area is 213 Å². The normalized spacial score (nSPS) is 26.0. The van der Waals surface area contributed by atoms with Crippen molar-refractivity contribution in [3.63, 3.8) is 0 Å². The molecule has 2 aromatic rings. The Hall–Kier alpha value is -2.87. The van der Waals surface area contributed by atoms with E-state index in [2.05, 4.69) is 69.1 Å². The standard InChI is InChI=1S/C29H36N4O3/c1-2-11-33(10-1)12-13-36-28-7-6-26-16-25(28)20-35-19-24-15-23(24)18-34-17-21-4-3-5-22(14-21)27-8-9-30-29(31-26)32-27/h3-9,14,16,23-24,27H,1-2,10-13,15,17-20H2,(H2,30,31,32). The molecule has 0 aromatic heterocycles. The van der Waals surface area contributed by atoms with Gasteiger partial charge in [-0.15, -0.1) is 0 Å². The number of hydrogen-bond donors (Lipinski definition) is 2. The molecule has 4 aliphatic rings. The second-order valence-electron chi connectivity index (χ2n) is 10.3. The highest BCUT2D eigenvalue weighted by Gasteiger charge is 2.37. The minimum Gasteiger partial charge on any atom is -0.492 e. The highest BCUT2D eigenvalue weighted by atomic mass is 16.5. The van der Waals surface area contributed by atoms with E-state index in [1.54, 1.807) is 0 Å². The molecule has 0 spiro atoms. The minimum atomic E-state index is 0.0487. The minimum absolute atomic E-state index is 0.0487. The molecule has 0 radical (unpaired) electrons. The van der Waals surface area contributed by atoms with E-state index in [1.165, 1.54) is 43.5 Å². The van der Waals surface area contributed by atoms with Gasteiger partial charge in [-0.05, 0) is 79.6 Å². The third-order valence-corrected chi connectivity index (χ3v) is 7.53. The van der Waals surface area contributed by atoms with Crippen LogP contribution < -0.4 is 15.4 Å². The SMILES string of the molecule is C1=CC2NC(=N1)Nc1ccc(OCCN3CCCC3)c(c1)COCC1CC1COCc1cccc2c1. The summed E-state index contributed by atoms with van der Waals surface area (Å²) < 4.78 is 18.5. The highest BCUT2D eigenvalue weighted by Crippen LogP contribution is 2.39. The maximum absolute atomic E-state index is 6.23. The summed E-state index contributed by atoms with van der Waals surface area (Å²) in [6, 6.07) is 14.9. The lowest BCUT2D eigenvalue weighted by Crippen LogP contribution is -2.35. The van der Waals surface area contributed by atoms with E-state index in [9.17, 15) is 0 Å². The molecule has 6 rings (SSSR count). The van der Waals surface area contributed by atoms with Gasteiger partial charge >= 0.3 is 0 Å². The van der Waals surface area contributed by atoms with Gasteiger partial charge in [0, 0.05) is 24.0 Å². The Morgan fingerprint density at radius 1 is 1.00 bits per heavy atom. The average molecular weight is 489 g/mol. The van der Waals surface area contributed by atoms with Crippen molar-refractivity contribution >= 4 is 11.6 Å². The van der Waals surface area contributed by atoms with Crippen LogP contribution in [0.25, 0.3) is 0 Å². The molecule has 36 heavy (non-hydrogen) atoms. The van der Waals surface area contributed by atoms with Crippen molar-refractivity contribution in [1.29, 1.82) is 0 Å². The lowest BCUT2D eigenvalue weighted by molar-refractivity contribution is 0.0829. The molecule has 2 fully saturated rings. The van der Waals surface area contributed by atoms with E-state index < -0.39 is 0 Å². The fraction of sp³-hybridized carbons (Fsp3) is 0.483. The second-order valence-corrected chi connectivity index (χ2v) is 10.3. The zero-order chi connectivity index (χ0) is 24.2. The van der Waals surface area contributed by atoms with Crippen LogP contribution in [0.4, 0.5) is 5.69 Å².